The van der Waals surface area contributed by atoms with Gasteiger partial charge in [-0.3, -0.25) is 4.90 Å². The van der Waals surface area contributed by atoms with Crippen molar-refractivity contribution in [2.24, 2.45) is 0 Å². The molecule has 1 rings (SSSR count). The largest absolute Gasteiger partial charge is 0.313 e. The van der Waals surface area contributed by atoms with Gasteiger partial charge in [0.15, 0.2) is 0 Å². The fourth-order valence-electron chi connectivity index (χ4n) is 2.06. The van der Waals surface area contributed by atoms with Crippen LogP contribution in [0.25, 0.3) is 0 Å². The Hall–Kier alpha value is 0.0100. The summed E-state index contributed by atoms with van der Waals surface area (Å²) in [7, 11) is 0. The second kappa shape index (κ2) is 6.67. The van der Waals surface area contributed by atoms with E-state index < -0.39 is 0 Å². The van der Waals surface area contributed by atoms with Crippen LogP contribution >= 0.6 is 11.8 Å². The fraction of sp³-hybridized carbons (Fsp3) is 0.846. The van der Waals surface area contributed by atoms with Crippen molar-refractivity contribution in [1.82, 2.24) is 10.2 Å². The smallest absolute Gasteiger partial charge is 0.0231 e. The molecule has 1 aliphatic heterocycles. The Morgan fingerprint density at radius 1 is 1.50 bits per heavy atom. The molecule has 1 fully saturated rings. The predicted octanol–water partition coefficient (Wildman–Crippen LogP) is 2.37. The Labute approximate surface area is 105 Å². The summed E-state index contributed by atoms with van der Waals surface area (Å²) in [6, 6.07) is 0. The van der Waals surface area contributed by atoms with Crippen LogP contribution in [-0.2, 0) is 0 Å². The van der Waals surface area contributed by atoms with Crippen molar-refractivity contribution in [2.75, 3.05) is 38.5 Å². The first-order valence-electron chi connectivity index (χ1n) is 6.27. The molecule has 1 heterocycles. The summed E-state index contributed by atoms with van der Waals surface area (Å²) in [6.07, 6.45) is 1.20. The van der Waals surface area contributed by atoms with Gasteiger partial charge in [0.1, 0.15) is 0 Å². The highest BCUT2D eigenvalue weighted by atomic mass is 32.2. The molecule has 0 amide bonds. The second-order valence-corrected chi connectivity index (χ2v) is 7.05. The van der Waals surface area contributed by atoms with Gasteiger partial charge in [0.25, 0.3) is 0 Å². The Bertz CT molecular complexity index is 226. The zero-order valence-corrected chi connectivity index (χ0v) is 11.8. The molecule has 0 bridgehead atoms. The third-order valence-electron chi connectivity index (χ3n) is 2.75. The maximum Gasteiger partial charge on any atom is 0.0231 e. The number of nitrogens with zero attached hydrogens (tertiary/aromatic N) is 1. The molecule has 0 aromatic heterocycles. The Morgan fingerprint density at radius 2 is 2.25 bits per heavy atom. The molecular formula is C13H26N2S. The predicted molar refractivity (Wildman–Crippen MR) is 75.3 cm³/mol. The molecule has 0 spiro atoms. The van der Waals surface area contributed by atoms with Crippen molar-refractivity contribution in [3.05, 3.63) is 12.2 Å². The van der Waals surface area contributed by atoms with Gasteiger partial charge in [-0.1, -0.05) is 13.5 Å². The summed E-state index contributed by atoms with van der Waals surface area (Å²) in [4.78, 5) is 2.53. The lowest BCUT2D eigenvalue weighted by molar-refractivity contribution is 0.279. The second-order valence-electron chi connectivity index (χ2n) is 5.25. The van der Waals surface area contributed by atoms with Crippen LogP contribution < -0.4 is 5.32 Å². The van der Waals surface area contributed by atoms with Gasteiger partial charge >= 0.3 is 0 Å². The summed E-state index contributed by atoms with van der Waals surface area (Å²) >= 11 is 2.09. The van der Waals surface area contributed by atoms with E-state index in [1.54, 1.807) is 0 Å². The van der Waals surface area contributed by atoms with Crippen LogP contribution in [0.5, 0.6) is 0 Å². The molecular weight excluding hydrogens is 216 g/mol. The summed E-state index contributed by atoms with van der Waals surface area (Å²) in [5, 5.41) is 3.41. The standard InChI is InChI=1S/C13H26N2S/c1-5-6-14-9-12(2)10-15-7-8-16-13(3,4)11-15/h14H,2,5-11H2,1,3-4H3. The molecule has 0 atom stereocenters. The summed E-state index contributed by atoms with van der Waals surface area (Å²) in [6.45, 7) is 16.5. The van der Waals surface area contributed by atoms with Gasteiger partial charge in [-0.05, 0) is 32.4 Å². The highest BCUT2D eigenvalue weighted by Crippen LogP contribution is 2.29. The van der Waals surface area contributed by atoms with Crippen LogP contribution in [0.2, 0.25) is 0 Å². The molecule has 1 N–H and O–H groups in total. The Kier molecular flexibility index (Phi) is 5.87. The lowest BCUT2D eigenvalue weighted by Crippen LogP contribution is -2.44. The molecule has 0 saturated carbocycles. The van der Waals surface area contributed by atoms with E-state index in [0.29, 0.717) is 4.75 Å². The molecule has 1 saturated heterocycles. The lowest BCUT2D eigenvalue weighted by atomic mass is 10.1. The van der Waals surface area contributed by atoms with Crippen LogP contribution in [0.15, 0.2) is 12.2 Å². The maximum absolute atomic E-state index is 4.16. The number of hydrogen-bond acceptors (Lipinski definition) is 3. The van der Waals surface area contributed by atoms with Crippen LogP contribution in [-0.4, -0.2) is 48.1 Å². The maximum atomic E-state index is 4.16. The summed E-state index contributed by atoms with van der Waals surface area (Å²) < 4.78 is 0.412. The molecule has 16 heavy (non-hydrogen) atoms. The zero-order chi connectivity index (χ0) is 12.0. The van der Waals surface area contributed by atoms with Crippen LogP contribution in [0.3, 0.4) is 0 Å². The number of rotatable bonds is 6. The van der Waals surface area contributed by atoms with Gasteiger partial charge in [-0.25, -0.2) is 0 Å². The molecule has 0 aliphatic carbocycles. The minimum absolute atomic E-state index is 0.412. The summed E-state index contributed by atoms with van der Waals surface area (Å²) in [5.74, 6) is 1.25. The third kappa shape index (κ3) is 5.37. The van der Waals surface area contributed by atoms with Crippen molar-refractivity contribution in [1.29, 1.82) is 0 Å². The van der Waals surface area contributed by atoms with Crippen molar-refractivity contribution in [3.8, 4) is 0 Å². The van der Waals surface area contributed by atoms with E-state index in [-0.39, 0.29) is 0 Å². The highest BCUT2D eigenvalue weighted by molar-refractivity contribution is 8.00. The van der Waals surface area contributed by atoms with Crippen molar-refractivity contribution in [2.45, 2.75) is 31.9 Å². The van der Waals surface area contributed by atoms with E-state index in [2.05, 4.69) is 49.3 Å². The van der Waals surface area contributed by atoms with Gasteiger partial charge < -0.3 is 5.32 Å². The van der Waals surface area contributed by atoms with E-state index in [1.807, 2.05) is 0 Å². The topological polar surface area (TPSA) is 15.3 Å². The SMILES string of the molecule is C=C(CNCCC)CN1CCSC(C)(C)C1. The van der Waals surface area contributed by atoms with E-state index in [0.717, 1.165) is 19.6 Å². The number of thioether (sulfide) groups is 1. The third-order valence-corrected chi connectivity index (χ3v) is 4.05. The minimum atomic E-state index is 0.412. The van der Waals surface area contributed by atoms with Gasteiger partial charge in [-0.2, -0.15) is 11.8 Å². The van der Waals surface area contributed by atoms with Crippen molar-refractivity contribution >= 4 is 11.8 Å². The molecule has 0 radical (unpaired) electrons. The monoisotopic (exact) mass is 242 g/mol. The van der Waals surface area contributed by atoms with Crippen LogP contribution in [0.1, 0.15) is 27.2 Å². The van der Waals surface area contributed by atoms with Crippen molar-refractivity contribution in [3.63, 3.8) is 0 Å². The van der Waals surface area contributed by atoms with E-state index in [4.69, 9.17) is 0 Å². The number of nitrogens with one attached hydrogen (secondary N) is 1. The van der Waals surface area contributed by atoms with E-state index >= 15 is 0 Å². The normalized spacial score (nSPS) is 20.9. The lowest BCUT2D eigenvalue weighted by Gasteiger charge is -2.37. The summed E-state index contributed by atoms with van der Waals surface area (Å²) in [5.41, 5.74) is 1.32. The first kappa shape index (κ1) is 14.1. The first-order valence-corrected chi connectivity index (χ1v) is 7.26. The molecule has 0 aromatic rings. The average Bonchev–Trinajstić information content (AvgIpc) is 2.16. The molecule has 0 aromatic carbocycles. The Balaban J connectivity index is 2.23. The van der Waals surface area contributed by atoms with Crippen molar-refractivity contribution < 1.29 is 0 Å². The number of hydrogen-bond donors (Lipinski definition) is 1. The molecule has 3 heteroatoms. The first-order chi connectivity index (χ1) is 7.53. The zero-order valence-electron chi connectivity index (χ0n) is 11.0. The van der Waals surface area contributed by atoms with Gasteiger partial charge in [0.2, 0.25) is 0 Å². The Morgan fingerprint density at radius 3 is 2.88 bits per heavy atom. The van der Waals surface area contributed by atoms with Crippen LogP contribution in [0.4, 0.5) is 0 Å². The fourth-order valence-corrected chi connectivity index (χ4v) is 3.24. The average molecular weight is 242 g/mol. The van der Waals surface area contributed by atoms with Gasteiger partial charge in [-0.15, -0.1) is 0 Å². The van der Waals surface area contributed by atoms with Gasteiger partial charge in [0.05, 0.1) is 0 Å². The van der Waals surface area contributed by atoms with Gasteiger partial charge in [0, 0.05) is 36.7 Å². The quantitative estimate of drug-likeness (QED) is 0.569. The van der Waals surface area contributed by atoms with E-state index in [1.165, 1.54) is 30.8 Å². The highest BCUT2D eigenvalue weighted by Gasteiger charge is 2.26. The van der Waals surface area contributed by atoms with E-state index in [9.17, 15) is 0 Å². The molecule has 2 nitrogen and oxygen atoms in total. The van der Waals surface area contributed by atoms with Crippen LogP contribution in [0, 0.1) is 0 Å². The minimum Gasteiger partial charge on any atom is -0.313 e. The molecule has 1 aliphatic rings. The molecule has 94 valence electrons. The molecule has 0 unspecified atom stereocenters.